The summed E-state index contributed by atoms with van der Waals surface area (Å²) in [6.45, 7) is 2.69. The van der Waals surface area contributed by atoms with Crippen molar-refractivity contribution in [1.29, 1.82) is 0 Å². The van der Waals surface area contributed by atoms with Gasteiger partial charge in [-0.3, -0.25) is 9.59 Å². The zero-order valence-corrected chi connectivity index (χ0v) is 17.7. The van der Waals surface area contributed by atoms with Crippen LogP contribution in [0.25, 0.3) is 0 Å². The molecule has 8 heteroatoms. The molecule has 1 spiro atoms. The van der Waals surface area contributed by atoms with Gasteiger partial charge in [-0.15, -0.1) is 0 Å². The number of nitrogens with zero attached hydrogens (tertiary/aromatic N) is 1. The first-order valence-corrected chi connectivity index (χ1v) is 10.5. The number of piperidine rings is 1. The lowest BCUT2D eigenvalue weighted by Gasteiger charge is -2.40. The lowest BCUT2D eigenvalue weighted by Crippen LogP contribution is -2.50. The van der Waals surface area contributed by atoms with Gasteiger partial charge in [0.1, 0.15) is 0 Å². The fourth-order valence-electron chi connectivity index (χ4n) is 4.68. The van der Waals surface area contributed by atoms with Crippen LogP contribution in [0.15, 0.2) is 36.4 Å². The Morgan fingerprint density at radius 2 is 1.87 bits per heavy atom. The monoisotopic (exact) mass is 450 g/mol. The van der Waals surface area contributed by atoms with E-state index in [1.807, 2.05) is 19.1 Å². The molecule has 0 aromatic heterocycles. The Bertz CT molecular complexity index is 1040. The van der Waals surface area contributed by atoms with Gasteiger partial charge >= 0.3 is 6.18 Å². The summed E-state index contributed by atoms with van der Waals surface area (Å²) in [5, 5.41) is 3.60. The zero-order chi connectivity index (χ0) is 22.4. The molecular weight excluding hydrogens is 429 g/mol. The summed E-state index contributed by atoms with van der Waals surface area (Å²) < 4.78 is 39.5. The summed E-state index contributed by atoms with van der Waals surface area (Å²) in [5.41, 5.74) is 1.09. The number of amides is 2. The van der Waals surface area contributed by atoms with Crippen molar-refractivity contribution < 1.29 is 22.8 Å². The number of hydrogen-bond donors (Lipinski definition) is 1. The van der Waals surface area contributed by atoms with Crippen molar-refractivity contribution in [2.45, 2.75) is 44.3 Å². The van der Waals surface area contributed by atoms with Crippen LogP contribution in [0.4, 0.5) is 13.2 Å². The van der Waals surface area contributed by atoms with Crippen molar-refractivity contribution in [3.05, 3.63) is 69.2 Å². The molecule has 2 amide bonds. The highest BCUT2D eigenvalue weighted by Crippen LogP contribution is 2.43. The Morgan fingerprint density at radius 3 is 2.55 bits per heavy atom. The van der Waals surface area contributed by atoms with Gasteiger partial charge in [0.25, 0.3) is 5.91 Å². The molecule has 1 saturated heterocycles. The molecule has 4 rings (SSSR count). The number of carbonyl (C=O) groups excluding carboxylic acids is 2. The maximum atomic E-state index is 13.2. The van der Waals surface area contributed by atoms with E-state index in [9.17, 15) is 22.8 Å². The fraction of sp³-hybridized carbons (Fsp3) is 0.391. The van der Waals surface area contributed by atoms with Gasteiger partial charge in [0.05, 0.1) is 11.1 Å². The predicted molar refractivity (Wildman–Crippen MR) is 111 cm³/mol. The molecule has 4 nitrogen and oxygen atoms in total. The molecule has 31 heavy (non-hydrogen) atoms. The topological polar surface area (TPSA) is 49.4 Å². The SMILES string of the molecule is Cc1cc(Cl)c2c(c1)C(=O)NC21CCN(C(=O)CCc2ccccc2C(F)(F)F)CC1. The molecule has 0 atom stereocenters. The van der Waals surface area contributed by atoms with E-state index in [0.717, 1.165) is 17.2 Å². The van der Waals surface area contributed by atoms with Gasteiger partial charge in [-0.25, -0.2) is 0 Å². The first-order chi connectivity index (χ1) is 14.6. The second-order valence-electron chi connectivity index (χ2n) is 8.24. The third kappa shape index (κ3) is 4.03. The second-order valence-corrected chi connectivity index (χ2v) is 8.65. The van der Waals surface area contributed by atoms with Gasteiger partial charge in [-0.2, -0.15) is 13.2 Å². The summed E-state index contributed by atoms with van der Waals surface area (Å²) in [5.74, 6) is -0.351. The molecule has 2 aromatic rings. The molecule has 164 valence electrons. The molecule has 0 unspecified atom stereocenters. The van der Waals surface area contributed by atoms with Crippen molar-refractivity contribution >= 4 is 23.4 Å². The molecule has 2 aromatic carbocycles. The average molecular weight is 451 g/mol. The third-order valence-corrected chi connectivity index (χ3v) is 6.51. The van der Waals surface area contributed by atoms with Crippen molar-refractivity contribution in [3.8, 4) is 0 Å². The van der Waals surface area contributed by atoms with Crippen molar-refractivity contribution in [2.24, 2.45) is 0 Å². The first kappa shape index (κ1) is 21.7. The Balaban J connectivity index is 1.43. The van der Waals surface area contributed by atoms with Gasteiger partial charge in [0.2, 0.25) is 5.91 Å². The van der Waals surface area contributed by atoms with Crippen LogP contribution in [0.3, 0.4) is 0 Å². The van der Waals surface area contributed by atoms with Gasteiger partial charge in [0.15, 0.2) is 0 Å². The van der Waals surface area contributed by atoms with Gasteiger partial charge < -0.3 is 10.2 Å². The number of carbonyl (C=O) groups is 2. The minimum absolute atomic E-state index is 0.00297. The largest absolute Gasteiger partial charge is 0.416 e. The van der Waals surface area contributed by atoms with E-state index in [1.165, 1.54) is 12.1 Å². The standard InChI is InChI=1S/C23H22ClF3N2O2/c1-14-12-16-20(18(24)13-14)22(28-21(16)31)8-10-29(11-9-22)19(30)7-6-15-4-2-3-5-17(15)23(25,26)27/h2-5,12-13H,6-11H2,1H3,(H,28,31). The van der Waals surface area contributed by atoms with E-state index >= 15 is 0 Å². The Labute approximate surface area is 183 Å². The molecule has 0 radical (unpaired) electrons. The predicted octanol–water partition coefficient (Wildman–Crippen LogP) is 4.86. The fourth-order valence-corrected chi connectivity index (χ4v) is 5.14. The molecule has 2 aliphatic rings. The highest BCUT2D eigenvalue weighted by Gasteiger charge is 2.46. The Morgan fingerprint density at radius 1 is 1.19 bits per heavy atom. The summed E-state index contributed by atoms with van der Waals surface area (Å²) >= 11 is 6.47. The van der Waals surface area contributed by atoms with E-state index in [2.05, 4.69) is 5.32 Å². The van der Waals surface area contributed by atoms with Crippen LogP contribution >= 0.6 is 11.6 Å². The van der Waals surface area contributed by atoms with Crippen LogP contribution in [0.5, 0.6) is 0 Å². The van der Waals surface area contributed by atoms with Crippen molar-refractivity contribution in [2.75, 3.05) is 13.1 Å². The summed E-state index contributed by atoms with van der Waals surface area (Å²) in [7, 11) is 0. The Kier molecular flexibility index (Phi) is 5.50. The van der Waals surface area contributed by atoms with Crippen molar-refractivity contribution in [3.63, 3.8) is 0 Å². The summed E-state index contributed by atoms with van der Waals surface area (Å²) in [4.78, 5) is 26.8. The van der Waals surface area contributed by atoms with E-state index in [0.29, 0.717) is 36.5 Å². The smallest absolute Gasteiger partial charge is 0.342 e. The van der Waals surface area contributed by atoms with E-state index in [4.69, 9.17) is 11.6 Å². The van der Waals surface area contributed by atoms with Crippen LogP contribution in [0.1, 0.15) is 51.9 Å². The summed E-state index contributed by atoms with van der Waals surface area (Å²) in [6, 6.07) is 9.00. The lowest BCUT2D eigenvalue weighted by molar-refractivity contribution is -0.139. The maximum Gasteiger partial charge on any atom is 0.416 e. The first-order valence-electron chi connectivity index (χ1n) is 10.2. The number of likely N-dealkylation sites (tertiary alicyclic amines) is 1. The van der Waals surface area contributed by atoms with Crippen LogP contribution < -0.4 is 5.32 Å². The number of rotatable bonds is 3. The highest BCUT2D eigenvalue weighted by atomic mass is 35.5. The molecular formula is C23H22ClF3N2O2. The molecule has 2 heterocycles. The van der Waals surface area contributed by atoms with Crippen LogP contribution in [-0.2, 0) is 22.9 Å². The summed E-state index contributed by atoms with van der Waals surface area (Å²) in [6.07, 6.45) is -3.38. The van der Waals surface area contributed by atoms with Gasteiger partial charge in [-0.05, 0) is 55.5 Å². The number of fused-ring (bicyclic) bond motifs is 2. The molecule has 2 aliphatic heterocycles. The van der Waals surface area contributed by atoms with Crippen LogP contribution in [0, 0.1) is 6.92 Å². The van der Waals surface area contributed by atoms with E-state index in [-0.39, 0.29) is 30.2 Å². The van der Waals surface area contributed by atoms with Crippen molar-refractivity contribution in [1.82, 2.24) is 10.2 Å². The van der Waals surface area contributed by atoms with E-state index in [1.54, 1.807) is 11.0 Å². The van der Waals surface area contributed by atoms with Gasteiger partial charge in [0, 0.05) is 35.7 Å². The minimum Gasteiger partial charge on any atom is -0.342 e. The molecule has 0 aliphatic carbocycles. The third-order valence-electron chi connectivity index (χ3n) is 6.21. The molecule has 1 fully saturated rings. The minimum atomic E-state index is -4.44. The number of aryl methyl sites for hydroxylation is 2. The quantitative estimate of drug-likeness (QED) is 0.726. The number of benzene rings is 2. The maximum absolute atomic E-state index is 13.2. The van der Waals surface area contributed by atoms with Crippen LogP contribution in [0.2, 0.25) is 5.02 Å². The van der Waals surface area contributed by atoms with E-state index < -0.39 is 17.3 Å². The normalized spacial score (nSPS) is 17.6. The van der Waals surface area contributed by atoms with Crippen LogP contribution in [-0.4, -0.2) is 29.8 Å². The van der Waals surface area contributed by atoms with Gasteiger partial charge in [-0.1, -0.05) is 29.8 Å². The molecule has 1 N–H and O–H groups in total. The average Bonchev–Trinajstić information content (AvgIpc) is 2.97. The molecule has 0 bridgehead atoms. The number of alkyl halides is 3. The lowest BCUT2D eigenvalue weighted by atomic mass is 9.81. The highest BCUT2D eigenvalue weighted by molar-refractivity contribution is 6.32. The Hall–Kier alpha value is -2.54. The molecule has 0 saturated carbocycles. The number of halogens is 4. The second kappa shape index (κ2) is 7.86. The number of nitrogens with one attached hydrogen (secondary N) is 1. The number of hydrogen-bond acceptors (Lipinski definition) is 2. The zero-order valence-electron chi connectivity index (χ0n) is 17.0.